The highest BCUT2D eigenvalue weighted by molar-refractivity contribution is 6.08. The number of benzene rings is 2. The van der Waals surface area contributed by atoms with E-state index in [9.17, 15) is 4.79 Å². The van der Waals surface area contributed by atoms with Gasteiger partial charge in [0.1, 0.15) is 0 Å². The molecule has 4 heterocycles. The number of para-hydroxylation sites is 1. The summed E-state index contributed by atoms with van der Waals surface area (Å²) < 4.78 is 12.9. The van der Waals surface area contributed by atoms with Crippen molar-refractivity contribution in [1.82, 2.24) is 24.7 Å². The van der Waals surface area contributed by atoms with Gasteiger partial charge in [0.05, 0.1) is 48.5 Å². The Morgan fingerprint density at radius 2 is 1.53 bits per heavy atom. The van der Waals surface area contributed by atoms with Gasteiger partial charge in [0.25, 0.3) is 0 Å². The monoisotopic (exact) mass is 490 g/mol. The maximum absolute atomic E-state index is 13.7. The third-order valence-corrected chi connectivity index (χ3v) is 7.37. The molecule has 0 aliphatic carbocycles. The van der Waals surface area contributed by atoms with E-state index in [0.29, 0.717) is 11.9 Å². The third kappa shape index (κ3) is 4.65. The third-order valence-electron chi connectivity index (χ3n) is 7.37. The van der Waals surface area contributed by atoms with Gasteiger partial charge in [-0.05, 0) is 24.3 Å². The van der Waals surface area contributed by atoms with E-state index in [1.165, 1.54) is 0 Å². The first-order valence-corrected chi connectivity index (χ1v) is 13.0. The number of ether oxygens (including phenoxy) is 2. The van der Waals surface area contributed by atoms with E-state index in [2.05, 4.69) is 26.5 Å². The van der Waals surface area contributed by atoms with Crippen molar-refractivity contribution < 1.29 is 9.47 Å². The Morgan fingerprint density at radius 3 is 2.28 bits per heavy atom. The number of hydrogen-bond acceptors (Lipinski definition) is 8. The normalized spacial score (nSPS) is 18.0. The van der Waals surface area contributed by atoms with Crippen LogP contribution in [0.1, 0.15) is 5.69 Å². The first-order valence-electron chi connectivity index (χ1n) is 13.0. The first kappa shape index (κ1) is 23.6. The molecule has 2 aromatic carbocycles. The predicted molar refractivity (Wildman–Crippen MR) is 142 cm³/mol. The number of nitrogens with zero attached hydrogens (tertiary/aromatic N) is 4. The lowest BCUT2D eigenvalue weighted by Crippen LogP contribution is -2.40. The van der Waals surface area contributed by atoms with Crippen LogP contribution in [0.5, 0.6) is 0 Å². The van der Waals surface area contributed by atoms with Crippen molar-refractivity contribution in [2.75, 3.05) is 84.1 Å². The summed E-state index contributed by atoms with van der Waals surface area (Å²) >= 11 is 0. The topological polar surface area (TPSA) is 83.4 Å². The molecule has 2 aliphatic heterocycles. The van der Waals surface area contributed by atoms with Crippen molar-refractivity contribution in [3.8, 4) is 0 Å². The fourth-order valence-corrected chi connectivity index (χ4v) is 5.38. The van der Waals surface area contributed by atoms with E-state index >= 15 is 0 Å². The van der Waals surface area contributed by atoms with Gasteiger partial charge in [-0.2, -0.15) is 5.10 Å². The molecule has 0 saturated carbocycles. The quantitative estimate of drug-likeness (QED) is 0.271. The van der Waals surface area contributed by atoms with Crippen LogP contribution in [0.15, 0.2) is 41.2 Å². The maximum atomic E-state index is 13.7. The lowest BCUT2D eigenvalue weighted by molar-refractivity contribution is 0.0384. The van der Waals surface area contributed by atoms with Crippen LogP contribution in [0.3, 0.4) is 0 Å². The second-order valence-corrected chi connectivity index (χ2v) is 9.60. The molecule has 2 aromatic heterocycles. The number of anilines is 1. The Bertz CT molecular complexity index is 1380. The molecule has 6 rings (SSSR count). The Hall–Kier alpha value is -2.82. The number of hydrogen-bond donors (Lipinski definition) is 2. The summed E-state index contributed by atoms with van der Waals surface area (Å²) in [6.45, 7) is 11.3. The fraction of sp³-hybridized carbons (Fsp3) is 0.481. The van der Waals surface area contributed by atoms with Crippen molar-refractivity contribution in [3.63, 3.8) is 0 Å². The molecular weight excluding hydrogens is 456 g/mol. The number of fused-ring (bicyclic) bond motifs is 2. The molecule has 0 unspecified atom stereocenters. The molecule has 0 spiro atoms. The van der Waals surface area contributed by atoms with Crippen molar-refractivity contribution in [2.24, 2.45) is 0 Å². The average Bonchev–Trinajstić information content (AvgIpc) is 3.30. The number of aromatic nitrogens is 2. The zero-order chi connectivity index (χ0) is 24.3. The average molecular weight is 491 g/mol. The standard InChI is InChI=1S/C27H34N6O3/c34-27-21-3-1-2-4-24(21)33-26-20(23(30-33)19-28-7-9-31-11-15-35-16-12-31)5-6-22(25(26)27)29-8-10-32-13-17-36-18-14-32/h1-6,28-29H,7-19H2. The van der Waals surface area contributed by atoms with Gasteiger partial charge in [-0.3, -0.25) is 14.6 Å². The molecule has 9 nitrogen and oxygen atoms in total. The molecule has 190 valence electrons. The first-order chi connectivity index (χ1) is 17.8. The summed E-state index contributed by atoms with van der Waals surface area (Å²) in [5.74, 6) is 0. The molecule has 9 heteroatoms. The van der Waals surface area contributed by atoms with Crippen LogP contribution in [0.25, 0.3) is 27.2 Å². The second kappa shape index (κ2) is 10.7. The van der Waals surface area contributed by atoms with Crippen LogP contribution >= 0.6 is 0 Å². The van der Waals surface area contributed by atoms with Crippen LogP contribution in [0.2, 0.25) is 0 Å². The molecule has 2 N–H and O–H groups in total. The minimum Gasteiger partial charge on any atom is -0.383 e. The van der Waals surface area contributed by atoms with Crippen LogP contribution in [-0.2, 0) is 16.0 Å². The molecule has 2 saturated heterocycles. The molecule has 36 heavy (non-hydrogen) atoms. The second-order valence-electron chi connectivity index (χ2n) is 9.60. The molecule has 4 aromatic rings. The largest absolute Gasteiger partial charge is 0.383 e. The Balaban J connectivity index is 1.28. The van der Waals surface area contributed by atoms with E-state index in [0.717, 1.165) is 112 Å². The highest BCUT2D eigenvalue weighted by atomic mass is 16.5. The molecule has 0 amide bonds. The summed E-state index contributed by atoms with van der Waals surface area (Å²) in [5, 5.41) is 14.6. The van der Waals surface area contributed by atoms with Crippen molar-refractivity contribution in [2.45, 2.75) is 6.54 Å². The molecule has 2 aliphatic rings. The van der Waals surface area contributed by atoms with Crippen molar-refractivity contribution >= 4 is 32.9 Å². The van der Waals surface area contributed by atoms with E-state index in [1.807, 2.05) is 34.8 Å². The summed E-state index contributed by atoms with van der Waals surface area (Å²) in [4.78, 5) is 18.5. The highest BCUT2D eigenvalue weighted by Crippen LogP contribution is 2.31. The molecule has 0 bridgehead atoms. The van der Waals surface area contributed by atoms with Crippen LogP contribution in [0.4, 0.5) is 5.69 Å². The van der Waals surface area contributed by atoms with Gasteiger partial charge in [-0.25, -0.2) is 4.52 Å². The van der Waals surface area contributed by atoms with Crippen molar-refractivity contribution in [3.05, 3.63) is 52.3 Å². The van der Waals surface area contributed by atoms with Crippen LogP contribution < -0.4 is 16.1 Å². The van der Waals surface area contributed by atoms with Gasteiger partial charge in [-0.1, -0.05) is 12.1 Å². The number of rotatable bonds is 9. The summed E-state index contributed by atoms with van der Waals surface area (Å²) in [5.41, 5.74) is 3.66. The minimum atomic E-state index is 0.0595. The Morgan fingerprint density at radius 1 is 0.833 bits per heavy atom. The van der Waals surface area contributed by atoms with E-state index in [4.69, 9.17) is 14.6 Å². The summed E-state index contributed by atoms with van der Waals surface area (Å²) in [7, 11) is 0. The van der Waals surface area contributed by atoms with Gasteiger partial charge >= 0.3 is 0 Å². The van der Waals surface area contributed by atoms with Crippen LogP contribution in [-0.4, -0.2) is 98.2 Å². The Labute approximate surface area is 210 Å². The molecule has 0 atom stereocenters. The number of nitrogens with one attached hydrogen (secondary N) is 2. The van der Waals surface area contributed by atoms with E-state index < -0.39 is 0 Å². The van der Waals surface area contributed by atoms with Gasteiger partial charge in [-0.15, -0.1) is 0 Å². The van der Waals surface area contributed by atoms with E-state index in [-0.39, 0.29) is 5.43 Å². The van der Waals surface area contributed by atoms with Gasteiger partial charge in [0.15, 0.2) is 5.43 Å². The van der Waals surface area contributed by atoms with Crippen LogP contribution in [0, 0.1) is 0 Å². The summed E-state index contributed by atoms with van der Waals surface area (Å²) in [6.07, 6.45) is 0. The molecular formula is C27H34N6O3. The lowest BCUT2D eigenvalue weighted by Gasteiger charge is -2.26. The summed E-state index contributed by atoms with van der Waals surface area (Å²) in [6, 6.07) is 11.9. The Kier molecular flexibility index (Phi) is 6.98. The number of morpholine rings is 2. The SMILES string of the molecule is O=c1c2ccccc2n2nc(CNCCN3CCOCC3)c3ccc(NCCN4CCOCC4)c1c32. The number of pyridine rings is 1. The van der Waals surface area contributed by atoms with Gasteiger partial charge in [0, 0.05) is 75.4 Å². The zero-order valence-corrected chi connectivity index (χ0v) is 20.7. The smallest absolute Gasteiger partial charge is 0.199 e. The van der Waals surface area contributed by atoms with Gasteiger partial charge < -0.3 is 20.1 Å². The molecule has 0 radical (unpaired) electrons. The van der Waals surface area contributed by atoms with E-state index in [1.54, 1.807) is 0 Å². The fourth-order valence-electron chi connectivity index (χ4n) is 5.38. The lowest BCUT2D eigenvalue weighted by atomic mass is 10.1. The highest BCUT2D eigenvalue weighted by Gasteiger charge is 2.20. The van der Waals surface area contributed by atoms with Gasteiger partial charge in [0.2, 0.25) is 0 Å². The molecule has 2 fully saturated rings. The predicted octanol–water partition coefficient (Wildman–Crippen LogP) is 1.60. The zero-order valence-electron chi connectivity index (χ0n) is 20.7. The minimum absolute atomic E-state index is 0.0595. The maximum Gasteiger partial charge on any atom is 0.199 e. The van der Waals surface area contributed by atoms with Crippen molar-refractivity contribution in [1.29, 1.82) is 0 Å².